The molecule has 0 aliphatic heterocycles. The normalized spacial score (nSPS) is 43.5. The third-order valence-electron chi connectivity index (χ3n) is 10.7. The van der Waals surface area contributed by atoms with E-state index in [1.54, 1.807) is 0 Å². The first-order valence-corrected chi connectivity index (χ1v) is 13.3. The Morgan fingerprint density at radius 2 is 1.82 bits per heavy atom. The molecule has 6 rings (SSSR count). The standard InChI is InChI=1S/C28H39N3O2/c1-17(31-25-7-5-4-6-24(25)29-30-31)26(32)23-11-10-22-21-9-8-18-16-27(2,33)14-12-19(18)20(21)13-15-28(22,23)3/h4-7,17-23,33H,8-16H2,1-3H3/t17?,18-,19+,20-,21-,22+,23-,27-,28+/m1/s1. The van der Waals surface area contributed by atoms with Crippen LogP contribution in [0.1, 0.15) is 84.6 Å². The summed E-state index contributed by atoms with van der Waals surface area (Å²) in [4.78, 5) is 13.9. The highest BCUT2D eigenvalue weighted by atomic mass is 16.3. The van der Waals surface area contributed by atoms with E-state index in [0.717, 1.165) is 48.0 Å². The van der Waals surface area contributed by atoms with Gasteiger partial charge in [0.25, 0.3) is 0 Å². The van der Waals surface area contributed by atoms with Gasteiger partial charge in [0.1, 0.15) is 11.6 Å². The maximum absolute atomic E-state index is 13.9. The Labute approximate surface area is 197 Å². The van der Waals surface area contributed by atoms with E-state index in [1.165, 1.54) is 38.5 Å². The lowest BCUT2D eigenvalue weighted by Gasteiger charge is -2.57. The van der Waals surface area contributed by atoms with Gasteiger partial charge in [0.2, 0.25) is 0 Å². The Morgan fingerprint density at radius 1 is 1.03 bits per heavy atom. The van der Waals surface area contributed by atoms with E-state index in [4.69, 9.17) is 0 Å². The lowest BCUT2D eigenvalue weighted by atomic mass is 9.49. The molecule has 1 aromatic heterocycles. The molecule has 0 spiro atoms. The lowest BCUT2D eigenvalue weighted by Crippen LogP contribution is -2.51. The summed E-state index contributed by atoms with van der Waals surface area (Å²) in [5.41, 5.74) is 1.48. The molecule has 1 unspecified atom stereocenters. The van der Waals surface area contributed by atoms with Crippen LogP contribution in [-0.4, -0.2) is 31.5 Å². The molecule has 4 aliphatic carbocycles. The quantitative estimate of drug-likeness (QED) is 0.664. The molecule has 4 fully saturated rings. The second-order valence-corrected chi connectivity index (χ2v) is 12.5. The van der Waals surface area contributed by atoms with Crippen LogP contribution in [0.4, 0.5) is 0 Å². The van der Waals surface area contributed by atoms with Crippen molar-refractivity contribution in [2.45, 2.75) is 90.2 Å². The van der Waals surface area contributed by atoms with Crippen molar-refractivity contribution in [2.24, 2.45) is 40.9 Å². The minimum atomic E-state index is -0.455. The van der Waals surface area contributed by atoms with Crippen molar-refractivity contribution < 1.29 is 9.90 Å². The summed E-state index contributed by atoms with van der Waals surface area (Å²) in [6.07, 6.45) is 10.4. The number of benzene rings is 1. The molecule has 1 N–H and O–H groups in total. The summed E-state index contributed by atoms with van der Waals surface area (Å²) in [5, 5.41) is 19.3. The number of hydrogen-bond donors (Lipinski definition) is 1. The summed E-state index contributed by atoms with van der Waals surface area (Å²) in [5.74, 6) is 4.25. The second kappa shape index (κ2) is 7.63. The van der Waals surface area contributed by atoms with Gasteiger partial charge in [-0.1, -0.05) is 24.3 Å². The van der Waals surface area contributed by atoms with Crippen molar-refractivity contribution in [3.63, 3.8) is 0 Å². The van der Waals surface area contributed by atoms with Gasteiger partial charge in [0.05, 0.1) is 11.1 Å². The van der Waals surface area contributed by atoms with Crippen LogP contribution in [0.3, 0.4) is 0 Å². The minimum Gasteiger partial charge on any atom is -0.390 e. The monoisotopic (exact) mass is 449 g/mol. The van der Waals surface area contributed by atoms with Gasteiger partial charge in [0, 0.05) is 5.92 Å². The number of para-hydroxylation sites is 1. The second-order valence-electron chi connectivity index (χ2n) is 12.5. The number of hydrogen-bond acceptors (Lipinski definition) is 4. The average Bonchev–Trinajstić information content (AvgIpc) is 3.38. The van der Waals surface area contributed by atoms with Crippen LogP contribution < -0.4 is 0 Å². The number of rotatable bonds is 3. The zero-order chi connectivity index (χ0) is 23.0. The topological polar surface area (TPSA) is 68.0 Å². The van der Waals surface area contributed by atoms with Gasteiger partial charge in [-0.15, -0.1) is 5.10 Å². The van der Waals surface area contributed by atoms with Gasteiger partial charge in [-0.25, -0.2) is 4.68 Å². The smallest absolute Gasteiger partial charge is 0.160 e. The van der Waals surface area contributed by atoms with Gasteiger partial charge in [-0.05, 0) is 119 Å². The van der Waals surface area contributed by atoms with E-state index in [1.807, 2.05) is 42.8 Å². The van der Waals surface area contributed by atoms with Gasteiger partial charge in [-0.3, -0.25) is 4.79 Å². The SMILES string of the molecule is CC(C(=O)[C@H]1CC[C@H]2[C@@H]3CC[C@@H]4C[C@](C)(O)CC[C@@H]4[C@H]3CC[C@]12C)n1nnc2ccccc21. The molecule has 1 aromatic carbocycles. The van der Waals surface area contributed by atoms with Crippen LogP contribution in [0.5, 0.6) is 0 Å². The molecule has 5 nitrogen and oxygen atoms in total. The first-order chi connectivity index (χ1) is 15.8. The van der Waals surface area contributed by atoms with Crippen molar-refractivity contribution in [1.29, 1.82) is 0 Å². The fraction of sp³-hybridized carbons (Fsp3) is 0.750. The number of aromatic nitrogens is 3. The Morgan fingerprint density at radius 3 is 2.67 bits per heavy atom. The Bertz CT molecular complexity index is 1060. The van der Waals surface area contributed by atoms with Crippen LogP contribution in [0.15, 0.2) is 24.3 Å². The van der Waals surface area contributed by atoms with E-state index in [-0.39, 0.29) is 17.4 Å². The van der Waals surface area contributed by atoms with E-state index < -0.39 is 5.60 Å². The summed E-state index contributed by atoms with van der Waals surface area (Å²) in [6.45, 7) is 6.50. The van der Waals surface area contributed by atoms with Crippen LogP contribution in [0.25, 0.3) is 11.0 Å². The molecule has 0 radical (unpaired) electrons. The van der Waals surface area contributed by atoms with E-state index in [0.29, 0.717) is 17.6 Å². The lowest BCUT2D eigenvalue weighted by molar-refractivity contribution is -0.135. The fourth-order valence-electron chi connectivity index (χ4n) is 9.13. The van der Waals surface area contributed by atoms with Gasteiger partial charge in [0.15, 0.2) is 5.78 Å². The third-order valence-corrected chi connectivity index (χ3v) is 10.7. The molecule has 33 heavy (non-hydrogen) atoms. The number of aliphatic hydroxyl groups is 1. The van der Waals surface area contributed by atoms with Crippen LogP contribution in [0.2, 0.25) is 0 Å². The molecule has 178 valence electrons. The minimum absolute atomic E-state index is 0.121. The summed E-state index contributed by atoms with van der Waals surface area (Å²) < 4.78 is 1.85. The van der Waals surface area contributed by atoms with Crippen LogP contribution in [0, 0.1) is 40.9 Å². The average molecular weight is 450 g/mol. The highest BCUT2D eigenvalue weighted by Crippen LogP contribution is 2.65. The molecule has 5 heteroatoms. The maximum atomic E-state index is 13.9. The fourth-order valence-corrected chi connectivity index (χ4v) is 9.13. The predicted molar refractivity (Wildman–Crippen MR) is 128 cm³/mol. The first-order valence-electron chi connectivity index (χ1n) is 13.3. The Balaban J connectivity index is 1.22. The molecular weight excluding hydrogens is 410 g/mol. The summed E-state index contributed by atoms with van der Waals surface area (Å²) in [6, 6.07) is 7.67. The zero-order valence-electron chi connectivity index (χ0n) is 20.4. The molecule has 1 heterocycles. The highest BCUT2D eigenvalue weighted by molar-refractivity contribution is 5.87. The molecule has 4 saturated carbocycles. The van der Waals surface area contributed by atoms with Gasteiger partial charge >= 0.3 is 0 Å². The van der Waals surface area contributed by atoms with Crippen LogP contribution >= 0.6 is 0 Å². The Kier molecular flexibility index (Phi) is 5.03. The van der Waals surface area contributed by atoms with Crippen molar-refractivity contribution in [1.82, 2.24) is 15.0 Å². The van der Waals surface area contributed by atoms with E-state index in [2.05, 4.69) is 17.2 Å². The number of fused-ring (bicyclic) bond motifs is 6. The summed E-state index contributed by atoms with van der Waals surface area (Å²) in [7, 11) is 0. The van der Waals surface area contributed by atoms with Crippen LogP contribution in [-0.2, 0) is 4.79 Å². The molecule has 0 saturated heterocycles. The number of carbonyl (C=O) groups excluding carboxylic acids is 1. The molecule has 4 aliphatic rings. The zero-order valence-corrected chi connectivity index (χ0v) is 20.4. The molecule has 9 atom stereocenters. The van der Waals surface area contributed by atoms with Gasteiger partial charge in [-0.2, -0.15) is 0 Å². The van der Waals surface area contributed by atoms with E-state index in [9.17, 15) is 9.90 Å². The van der Waals surface area contributed by atoms with Crippen molar-refractivity contribution in [2.75, 3.05) is 0 Å². The number of ketones is 1. The number of nitrogens with zero attached hydrogens (tertiary/aromatic N) is 3. The number of carbonyl (C=O) groups is 1. The molecule has 0 amide bonds. The van der Waals surface area contributed by atoms with E-state index >= 15 is 0 Å². The first kappa shape index (κ1) is 21.8. The van der Waals surface area contributed by atoms with Crippen molar-refractivity contribution in [3.8, 4) is 0 Å². The maximum Gasteiger partial charge on any atom is 0.160 e. The van der Waals surface area contributed by atoms with Crippen molar-refractivity contribution in [3.05, 3.63) is 24.3 Å². The molecule has 0 bridgehead atoms. The molecular formula is C28H39N3O2. The largest absolute Gasteiger partial charge is 0.390 e. The third kappa shape index (κ3) is 3.32. The predicted octanol–water partition coefficient (Wildman–Crippen LogP) is 5.58. The summed E-state index contributed by atoms with van der Waals surface area (Å²) >= 11 is 0. The molecule has 2 aromatic rings. The number of Topliss-reactive ketones (excluding diaryl/α,β-unsaturated/α-hetero) is 1. The Hall–Kier alpha value is -1.75. The highest BCUT2D eigenvalue weighted by Gasteiger charge is 2.59. The van der Waals surface area contributed by atoms with Gasteiger partial charge < -0.3 is 5.11 Å². The van der Waals surface area contributed by atoms with Crippen molar-refractivity contribution >= 4 is 16.8 Å².